The molecule has 0 radical (unpaired) electrons. The van der Waals surface area contributed by atoms with Gasteiger partial charge in [0, 0.05) is 26.2 Å². The topological polar surface area (TPSA) is 58.6 Å². The number of hydrogen-bond acceptors (Lipinski definition) is 4. The van der Waals surface area contributed by atoms with Crippen LogP contribution in [0.5, 0.6) is 0 Å². The Bertz CT molecular complexity index is 854. The van der Waals surface area contributed by atoms with E-state index in [1.165, 1.54) is 21.0 Å². The Balaban J connectivity index is 1.65. The van der Waals surface area contributed by atoms with Crippen LogP contribution < -0.4 is 5.32 Å². The van der Waals surface area contributed by atoms with Gasteiger partial charge in [-0.05, 0) is 30.5 Å². The zero-order chi connectivity index (χ0) is 19.3. The summed E-state index contributed by atoms with van der Waals surface area (Å²) in [4.78, 5) is 0. The van der Waals surface area contributed by atoms with Gasteiger partial charge < -0.3 is 10.1 Å². The summed E-state index contributed by atoms with van der Waals surface area (Å²) in [6, 6.07) is 14.3. The number of nitrogens with one attached hydrogen (secondary N) is 1. The summed E-state index contributed by atoms with van der Waals surface area (Å²) in [6.07, 6.45) is 0. The van der Waals surface area contributed by atoms with E-state index < -0.39 is 10.0 Å². The van der Waals surface area contributed by atoms with Crippen molar-refractivity contribution in [1.82, 2.24) is 9.62 Å². The van der Waals surface area contributed by atoms with Gasteiger partial charge in [-0.1, -0.05) is 53.6 Å². The molecule has 0 atom stereocenters. The van der Waals surface area contributed by atoms with Gasteiger partial charge in [-0.25, -0.2) is 8.42 Å². The van der Waals surface area contributed by atoms with Gasteiger partial charge in [0.05, 0.1) is 19.0 Å². The second kappa shape index (κ2) is 8.97. The van der Waals surface area contributed by atoms with Gasteiger partial charge in [0.15, 0.2) is 0 Å². The summed E-state index contributed by atoms with van der Waals surface area (Å²) in [5.74, 6) is 0.0361. The lowest BCUT2D eigenvalue weighted by Gasteiger charge is -2.26. The molecule has 1 fully saturated rings. The molecule has 1 N–H and O–H groups in total. The Morgan fingerprint density at radius 2 is 1.59 bits per heavy atom. The van der Waals surface area contributed by atoms with E-state index in [0.717, 1.165) is 17.7 Å². The van der Waals surface area contributed by atoms with Crippen molar-refractivity contribution < 1.29 is 13.2 Å². The molecule has 1 aliphatic rings. The summed E-state index contributed by atoms with van der Waals surface area (Å²) < 4.78 is 32.3. The molecule has 1 aliphatic heterocycles. The standard InChI is InChI=1S/C21H28N2O3S/c1-17-11-18(2)13-19(12-17)14-22-15-20-5-3-4-6-21(20)16-27(24,25)23-7-9-26-10-8-23/h3-6,11-13,22H,7-10,14-16H2,1-2H3. The minimum atomic E-state index is -3.32. The van der Waals surface area contributed by atoms with Crippen molar-refractivity contribution in [1.29, 1.82) is 0 Å². The Morgan fingerprint density at radius 3 is 2.26 bits per heavy atom. The Hall–Kier alpha value is -1.73. The average Bonchev–Trinajstić information content (AvgIpc) is 2.63. The molecule has 0 amide bonds. The summed E-state index contributed by atoms with van der Waals surface area (Å²) >= 11 is 0. The van der Waals surface area contributed by atoms with Crippen molar-refractivity contribution in [2.24, 2.45) is 0 Å². The molecule has 0 saturated carbocycles. The summed E-state index contributed by atoms with van der Waals surface area (Å²) in [7, 11) is -3.32. The second-order valence-corrected chi connectivity index (χ2v) is 9.10. The number of ether oxygens (including phenoxy) is 1. The third kappa shape index (κ3) is 5.62. The first-order valence-electron chi connectivity index (χ1n) is 9.34. The molecule has 0 aromatic heterocycles. The van der Waals surface area contributed by atoms with Crippen LogP contribution in [0.3, 0.4) is 0 Å². The quantitative estimate of drug-likeness (QED) is 0.792. The van der Waals surface area contributed by atoms with Crippen LogP contribution in [-0.2, 0) is 33.6 Å². The lowest BCUT2D eigenvalue weighted by atomic mass is 10.1. The molecular formula is C21H28N2O3S. The highest BCUT2D eigenvalue weighted by atomic mass is 32.2. The van der Waals surface area contributed by atoms with Crippen molar-refractivity contribution in [2.45, 2.75) is 32.7 Å². The van der Waals surface area contributed by atoms with E-state index >= 15 is 0 Å². The average molecular weight is 389 g/mol. The van der Waals surface area contributed by atoms with Crippen molar-refractivity contribution >= 4 is 10.0 Å². The van der Waals surface area contributed by atoms with Crippen LogP contribution in [0.15, 0.2) is 42.5 Å². The Labute approximate surface area is 162 Å². The van der Waals surface area contributed by atoms with Gasteiger partial charge in [0.25, 0.3) is 0 Å². The van der Waals surface area contributed by atoms with Gasteiger partial charge in [0.1, 0.15) is 0 Å². The molecule has 2 aromatic carbocycles. The monoisotopic (exact) mass is 388 g/mol. The number of rotatable bonds is 7. The molecular weight excluding hydrogens is 360 g/mol. The number of aryl methyl sites for hydroxylation is 2. The van der Waals surface area contributed by atoms with Crippen LogP contribution in [0.1, 0.15) is 27.8 Å². The molecule has 1 saturated heterocycles. The molecule has 27 heavy (non-hydrogen) atoms. The third-order valence-electron chi connectivity index (χ3n) is 4.75. The Kier molecular flexibility index (Phi) is 6.65. The summed E-state index contributed by atoms with van der Waals surface area (Å²) in [5.41, 5.74) is 5.63. The highest BCUT2D eigenvalue weighted by molar-refractivity contribution is 7.88. The first-order valence-corrected chi connectivity index (χ1v) is 11.0. The van der Waals surface area contributed by atoms with Crippen molar-refractivity contribution in [3.63, 3.8) is 0 Å². The predicted octanol–water partition coefficient (Wildman–Crippen LogP) is 2.76. The second-order valence-electron chi connectivity index (χ2n) is 7.14. The zero-order valence-electron chi connectivity index (χ0n) is 16.1. The van der Waals surface area contributed by atoms with E-state index in [1.54, 1.807) is 0 Å². The molecule has 1 heterocycles. The summed E-state index contributed by atoms with van der Waals surface area (Å²) in [5, 5.41) is 3.45. The molecule has 0 unspecified atom stereocenters. The fourth-order valence-electron chi connectivity index (χ4n) is 3.50. The van der Waals surface area contributed by atoms with Crippen LogP contribution in [-0.4, -0.2) is 39.0 Å². The van der Waals surface area contributed by atoms with E-state index in [-0.39, 0.29) is 5.75 Å². The number of hydrogen-bond donors (Lipinski definition) is 1. The maximum absolute atomic E-state index is 12.7. The molecule has 0 spiro atoms. The highest BCUT2D eigenvalue weighted by Crippen LogP contribution is 2.17. The third-order valence-corrected chi connectivity index (χ3v) is 6.57. The number of benzene rings is 2. The maximum Gasteiger partial charge on any atom is 0.218 e. The number of morpholine rings is 1. The largest absolute Gasteiger partial charge is 0.379 e. The van der Waals surface area contributed by atoms with Gasteiger partial charge in [-0.2, -0.15) is 4.31 Å². The molecule has 0 aliphatic carbocycles. The summed E-state index contributed by atoms with van der Waals surface area (Å²) in [6.45, 7) is 7.42. The molecule has 2 aromatic rings. The zero-order valence-corrected chi connectivity index (χ0v) is 16.9. The lowest BCUT2D eigenvalue weighted by molar-refractivity contribution is 0.0729. The van der Waals surface area contributed by atoms with Crippen molar-refractivity contribution in [2.75, 3.05) is 26.3 Å². The lowest BCUT2D eigenvalue weighted by Crippen LogP contribution is -2.41. The first kappa shape index (κ1) is 20.0. The van der Waals surface area contributed by atoms with Crippen LogP contribution in [0.4, 0.5) is 0 Å². The van der Waals surface area contributed by atoms with E-state index in [1.807, 2.05) is 24.3 Å². The molecule has 0 bridgehead atoms. The number of nitrogens with zero attached hydrogens (tertiary/aromatic N) is 1. The van der Waals surface area contributed by atoms with Gasteiger partial charge >= 0.3 is 0 Å². The highest BCUT2D eigenvalue weighted by Gasteiger charge is 2.25. The van der Waals surface area contributed by atoms with Gasteiger partial charge in [-0.15, -0.1) is 0 Å². The SMILES string of the molecule is Cc1cc(C)cc(CNCc2ccccc2CS(=O)(=O)N2CCOCC2)c1. The smallest absolute Gasteiger partial charge is 0.218 e. The van der Waals surface area contributed by atoms with Gasteiger partial charge in [-0.3, -0.25) is 0 Å². The maximum atomic E-state index is 12.7. The minimum absolute atomic E-state index is 0.0361. The van der Waals surface area contributed by atoms with Crippen LogP contribution in [0.25, 0.3) is 0 Å². The molecule has 6 heteroatoms. The van der Waals surface area contributed by atoms with E-state index in [0.29, 0.717) is 32.8 Å². The molecule has 3 rings (SSSR count). The molecule has 146 valence electrons. The first-order chi connectivity index (χ1) is 12.9. The van der Waals surface area contributed by atoms with E-state index in [4.69, 9.17) is 4.74 Å². The van der Waals surface area contributed by atoms with Crippen LogP contribution in [0.2, 0.25) is 0 Å². The normalized spacial score (nSPS) is 15.8. The number of sulfonamides is 1. The minimum Gasteiger partial charge on any atom is -0.379 e. The fourth-order valence-corrected chi connectivity index (χ4v) is 5.06. The van der Waals surface area contributed by atoms with Crippen molar-refractivity contribution in [3.05, 3.63) is 70.3 Å². The Morgan fingerprint density at radius 1 is 0.963 bits per heavy atom. The fraction of sp³-hybridized carbons (Fsp3) is 0.429. The van der Waals surface area contributed by atoms with Crippen LogP contribution >= 0.6 is 0 Å². The predicted molar refractivity (Wildman–Crippen MR) is 108 cm³/mol. The molecule has 5 nitrogen and oxygen atoms in total. The van der Waals surface area contributed by atoms with Crippen LogP contribution in [0, 0.1) is 13.8 Å². The van der Waals surface area contributed by atoms with E-state index in [2.05, 4.69) is 37.4 Å². The van der Waals surface area contributed by atoms with E-state index in [9.17, 15) is 8.42 Å². The van der Waals surface area contributed by atoms with Crippen molar-refractivity contribution in [3.8, 4) is 0 Å². The van der Waals surface area contributed by atoms with Gasteiger partial charge in [0.2, 0.25) is 10.0 Å².